The number of nitrogens with one attached hydrogen (secondary N) is 1. The van der Waals surface area contributed by atoms with E-state index in [4.69, 9.17) is 0 Å². The number of fused-ring (bicyclic) bond motifs is 1. The molecule has 1 atom stereocenters. The van der Waals surface area contributed by atoms with Crippen LogP contribution in [0.5, 0.6) is 0 Å². The Bertz CT molecular complexity index is 536. The molecule has 2 aromatic rings. The van der Waals surface area contributed by atoms with Gasteiger partial charge in [0.2, 0.25) is 0 Å². The summed E-state index contributed by atoms with van der Waals surface area (Å²) in [6, 6.07) is 10.6. The molecule has 1 aliphatic rings. The van der Waals surface area contributed by atoms with E-state index in [1.165, 1.54) is 17.5 Å². The molecule has 86 valence electrons. The van der Waals surface area contributed by atoms with E-state index in [0.29, 0.717) is 5.92 Å². The summed E-state index contributed by atoms with van der Waals surface area (Å²) in [6.07, 6.45) is 2.78. The largest absolute Gasteiger partial charge is 0.369 e. The number of hydrogen-bond donors (Lipinski definition) is 1. The molecule has 0 fully saturated rings. The highest BCUT2D eigenvalue weighted by atomic mass is 15.0. The zero-order valence-electron chi connectivity index (χ0n) is 9.85. The quantitative estimate of drug-likeness (QED) is 0.872. The second kappa shape index (κ2) is 4.17. The van der Waals surface area contributed by atoms with Crippen LogP contribution in [0, 0.1) is 6.92 Å². The van der Waals surface area contributed by atoms with Crippen molar-refractivity contribution in [3.8, 4) is 0 Å². The van der Waals surface area contributed by atoms with Crippen LogP contribution in [0.25, 0.3) is 0 Å². The van der Waals surface area contributed by atoms with Gasteiger partial charge in [-0.05, 0) is 24.5 Å². The van der Waals surface area contributed by atoms with E-state index in [2.05, 4.69) is 39.6 Å². The molecule has 3 rings (SSSR count). The summed E-state index contributed by atoms with van der Waals surface area (Å²) >= 11 is 0. The second-order valence-corrected chi connectivity index (χ2v) is 4.53. The van der Waals surface area contributed by atoms with Gasteiger partial charge in [0.15, 0.2) is 0 Å². The fourth-order valence-corrected chi connectivity index (χ4v) is 2.32. The van der Waals surface area contributed by atoms with E-state index < -0.39 is 0 Å². The van der Waals surface area contributed by atoms with Crippen molar-refractivity contribution in [2.45, 2.75) is 19.3 Å². The van der Waals surface area contributed by atoms with Gasteiger partial charge in [0.1, 0.15) is 12.1 Å². The molecule has 17 heavy (non-hydrogen) atoms. The van der Waals surface area contributed by atoms with Gasteiger partial charge >= 0.3 is 0 Å². The average molecular weight is 225 g/mol. The molecule has 1 unspecified atom stereocenters. The van der Waals surface area contributed by atoms with Crippen LogP contribution in [0.1, 0.15) is 22.7 Å². The maximum atomic E-state index is 4.20. The zero-order chi connectivity index (χ0) is 11.7. The van der Waals surface area contributed by atoms with E-state index in [9.17, 15) is 0 Å². The lowest BCUT2D eigenvalue weighted by Gasteiger charge is -2.30. The molecule has 0 amide bonds. The van der Waals surface area contributed by atoms with E-state index in [-0.39, 0.29) is 0 Å². The summed E-state index contributed by atoms with van der Waals surface area (Å²) in [5.74, 6) is 1.54. The van der Waals surface area contributed by atoms with Gasteiger partial charge in [0.05, 0.1) is 0 Å². The molecule has 1 aromatic carbocycles. The minimum atomic E-state index is 0.626. The van der Waals surface area contributed by atoms with Crippen LogP contribution in [0.3, 0.4) is 0 Å². The van der Waals surface area contributed by atoms with Gasteiger partial charge in [-0.2, -0.15) is 0 Å². The maximum absolute atomic E-state index is 4.20. The summed E-state index contributed by atoms with van der Waals surface area (Å²) in [6.45, 7) is 2.93. The first-order valence-corrected chi connectivity index (χ1v) is 5.93. The fourth-order valence-electron chi connectivity index (χ4n) is 2.32. The van der Waals surface area contributed by atoms with Crippen molar-refractivity contribution in [3.05, 3.63) is 53.5 Å². The number of nitrogens with zero attached hydrogens (tertiary/aromatic N) is 2. The number of anilines is 1. The SMILES string of the molecule is Cc1cc(NCC2Cc3ccccc32)ncn1. The second-order valence-electron chi connectivity index (χ2n) is 4.53. The third kappa shape index (κ3) is 2.00. The molecule has 1 heterocycles. The van der Waals surface area contributed by atoms with Crippen molar-refractivity contribution >= 4 is 5.82 Å². The number of rotatable bonds is 3. The Morgan fingerprint density at radius 1 is 1.29 bits per heavy atom. The summed E-state index contributed by atoms with van der Waals surface area (Å²) in [5.41, 5.74) is 3.96. The molecule has 0 bridgehead atoms. The lowest BCUT2D eigenvalue weighted by Crippen LogP contribution is -2.24. The molecular weight excluding hydrogens is 210 g/mol. The highest BCUT2D eigenvalue weighted by Crippen LogP contribution is 2.34. The highest BCUT2D eigenvalue weighted by molar-refractivity contribution is 5.43. The Kier molecular flexibility index (Phi) is 2.52. The molecule has 0 aliphatic heterocycles. The molecule has 3 heteroatoms. The van der Waals surface area contributed by atoms with Gasteiger partial charge in [0, 0.05) is 24.2 Å². The third-order valence-electron chi connectivity index (χ3n) is 3.29. The number of aromatic nitrogens is 2. The zero-order valence-corrected chi connectivity index (χ0v) is 9.85. The van der Waals surface area contributed by atoms with Crippen molar-refractivity contribution in [2.75, 3.05) is 11.9 Å². The lowest BCUT2D eigenvalue weighted by molar-refractivity contribution is 0.634. The lowest BCUT2D eigenvalue weighted by atomic mass is 9.77. The Hall–Kier alpha value is -1.90. The minimum absolute atomic E-state index is 0.626. The summed E-state index contributed by atoms with van der Waals surface area (Å²) < 4.78 is 0. The average Bonchev–Trinajstić information content (AvgIpc) is 2.30. The normalized spacial score (nSPS) is 17.1. The number of benzene rings is 1. The Labute approximate surface area is 101 Å². The smallest absolute Gasteiger partial charge is 0.129 e. The fraction of sp³-hybridized carbons (Fsp3) is 0.286. The number of aryl methyl sites for hydroxylation is 1. The van der Waals surface area contributed by atoms with Gasteiger partial charge < -0.3 is 5.32 Å². The first-order valence-electron chi connectivity index (χ1n) is 5.93. The first kappa shape index (κ1) is 10.3. The van der Waals surface area contributed by atoms with Crippen LogP contribution in [0.15, 0.2) is 36.7 Å². The first-order chi connectivity index (χ1) is 8.33. The van der Waals surface area contributed by atoms with Crippen LogP contribution in [0.2, 0.25) is 0 Å². The van der Waals surface area contributed by atoms with E-state index in [1.54, 1.807) is 6.33 Å². The van der Waals surface area contributed by atoms with Crippen LogP contribution in [-0.2, 0) is 6.42 Å². The van der Waals surface area contributed by atoms with Crippen LogP contribution < -0.4 is 5.32 Å². The van der Waals surface area contributed by atoms with Gasteiger partial charge in [0.25, 0.3) is 0 Å². The molecule has 3 nitrogen and oxygen atoms in total. The van der Waals surface area contributed by atoms with Gasteiger partial charge in [-0.1, -0.05) is 24.3 Å². The van der Waals surface area contributed by atoms with Crippen molar-refractivity contribution in [3.63, 3.8) is 0 Å². The summed E-state index contributed by atoms with van der Waals surface area (Å²) in [4.78, 5) is 8.29. The van der Waals surface area contributed by atoms with Crippen molar-refractivity contribution in [1.29, 1.82) is 0 Å². The Morgan fingerprint density at radius 2 is 2.18 bits per heavy atom. The van der Waals surface area contributed by atoms with Gasteiger partial charge in [-0.25, -0.2) is 9.97 Å². The van der Waals surface area contributed by atoms with Crippen LogP contribution in [-0.4, -0.2) is 16.5 Å². The molecular formula is C14H15N3. The van der Waals surface area contributed by atoms with Crippen LogP contribution in [0.4, 0.5) is 5.82 Å². The predicted octanol–water partition coefficient (Wildman–Crippen LogP) is 2.54. The molecule has 1 aromatic heterocycles. The van der Waals surface area contributed by atoms with Gasteiger partial charge in [-0.15, -0.1) is 0 Å². The molecule has 0 saturated heterocycles. The van der Waals surface area contributed by atoms with E-state index in [0.717, 1.165) is 18.1 Å². The Morgan fingerprint density at radius 3 is 3.00 bits per heavy atom. The maximum Gasteiger partial charge on any atom is 0.129 e. The number of hydrogen-bond acceptors (Lipinski definition) is 3. The minimum Gasteiger partial charge on any atom is -0.369 e. The Balaban J connectivity index is 1.64. The van der Waals surface area contributed by atoms with E-state index in [1.807, 2.05) is 13.0 Å². The summed E-state index contributed by atoms with van der Waals surface area (Å²) in [5, 5.41) is 3.38. The van der Waals surface area contributed by atoms with Crippen LogP contribution >= 0.6 is 0 Å². The predicted molar refractivity (Wildman–Crippen MR) is 68.1 cm³/mol. The molecule has 0 saturated carbocycles. The molecule has 0 spiro atoms. The monoisotopic (exact) mass is 225 g/mol. The molecule has 1 N–H and O–H groups in total. The molecule has 1 aliphatic carbocycles. The van der Waals surface area contributed by atoms with E-state index >= 15 is 0 Å². The van der Waals surface area contributed by atoms with Gasteiger partial charge in [-0.3, -0.25) is 0 Å². The topological polar surface area (TPSA) is 37.8 Å². The highest BCUT2D eigenvalue weighted by Gasteiger charge is 2.24. The third-order valence-corrected chi connectivity index (χ3v) is 3.29. The standard InChI is InChI=1S/C14H15N3/c1-10-6-14(17-9-16-10)15-8-12-7-11-4-2-3-5-13(11)12/h2-6,9,12H,7-8H2,1H3,(H,15,16,17). The molecule has 0 radical (unpaired) electrons. The van der Waals surface area contributed by atoms with Crippen molar-refractivity contribution < 1.29 is 0 Å². The summed E-state index contributed by atoms with van der Waals surface area (Å²) in [7, 11) is 0. The van der Waals surface area contributed by atoms with Crippen molar-refractivity contribution in [2.24, 2.45) is 0 Å². The van der Waals surface area contributed by atoms with Crippen molar-refractivity contribution in [1.82, 2.24) is 9.97 Å².